The van der Waals surface area contributed by atoms with Crippen LogP contribution in [0.25, 0.3) is 11.0 Å². The molecule has 1 fully saturated rings. The highest BCUT2D eigenvalue weighted by Crippen LogP contribution is 2.25. The lowest BCUT2D eigenvalue weighted by molar-refractivity contribution is -0.143. The number of nitrogens with zero attached hydrogens (tertiary/aromatic N) is 2. The van der Waals surface area contributed by atoms with Crippen LogP contribution in [-0.4, -0.2) is 50.3 Å². The van der Waals surface area contributed by atoms with E-state index in [0.717, 1.165) is 28.7 Å². The second kappa shape index (κ2) is 9.82. The van der Waals surface area contributed by atoms with Crippen LogP contribution in [0.4, 0.5) is 13.2 Å². The molecule has 1 atom stereocenters. The average molecular weight is 510 g/mol. The summed E-state index contributed by atoms with van der Waals surface area (Å²) in [6, 6.07) is 7.88. The number of guanidine groups is 1. The monoisotopic (exact) mass is 510 g/mol. The van der Waals surface area contributed by atoms with Gasteiger partial charge in [0.15, 0.2) is 5.96 Å². The molecule has 2 aromatic rings. The Hall–Kier alpha value is -1.49. The molecule has 0 saturated carbocycles. The number of likely N-dealkylation sites (tertiary alicyclic amines) is 1. The standard InChI is InChI=1S/C19H25F3N4O.HI/c1-13-15-5-3-4-6-16(15)27-17(13)10-25-18(23-2)24-9-14-7-8-26(11-14)12-19(20,21)22;/h3-6,14H,7-12H2,1-2H3,(H2,23,24,25);1H. The summed E-state index contributed by atoms with van der Waals surface area (Å²) >= 11 is 0. The number of alkyl halides is 3. The van der Waals surface area contributed by atoms with Gasteiger partial charge in [0.25, 0.3) is 0 Å². The third kappa shape index (κ3) is 6.00. The van der Waals surface area contributed by atoms with Gasteiger partial charge >= 0.3 is 6.18 Å². The van der Waals surface area contributed by atoms with Gasteiger partial charge in [0.2, 0.25) is 0 Å². The van der Waals surface area contributed by atoms with E-state index in [4.69, 9.17) is 4.42 Å². The first-order valence-corrected chi connectivity index (χ1v) is 9.06. The fourth-order valence-corrected chi connectivity index (χ4v) is 3.50. The van der Waals surface area contributed by atoms with Crippen molar-refractivity contribution in [1.29, 1.82) is 0 Å². The highest BCUT2D eigenvalue weighted by Gasteiger charge is 2.34. The van der Waals surface area contributed by atoms with Crippen molar-refractivity contribution < 1.29 is 17.6 Å². The predicted molar refractivity (Wildman–Crippen MR) is 115 cm³/mol. The maximum absolute atomic E-state index is 12.5. The lowest BCUT2D eigenvalue weighted by Crippen LogP contribution is -2.40. The van der Waals surface area contributed by atoms with Crippen LogP contribution in [0.15, 0.2) is 33.7 Å². The van der Waals surface area contributed by atoms with Gasteiger partial charge in [-0.2, -0.15) is 13.2 Å². The van der Waals surface area contributed by atoms with Crippen LogP contribution in [-0.2, 0) is 6.54 Å². The molecule has 0 bridgehead atoms. The summed E-state index contributed by atoms with van der Waals surface area (Å²) in [7, 11) is 1.67. The van der Waals surface area contributed by atoms with Gasteiger partial charge in [-0.05, 0) is 31.9 Å². The number of benzene rings is 1. The molecule has 3 rings (SSSR count). The number of hydrogen-bond donors (Lipinski definition) is 2. The number of furan rings is 1. The molecule has 1 aromatic carbocycles. The van der Waals surface area contributed by atoms with Crippen LogP contribution in [0.2, 0.25) is 0 Å². The van der Waals surface area contributed by atoms with Crippen molar-refractivity contribution in [2.45, 2.75) is 26.1 Å². The van der Waals surface area contributed by atoms with E-state index in [0.29, 0.717) is 32.1 Å². The summed E-state index contributed by atoms with van der Waals surface area (Å²) in [5, 5.41) is 7.51. The van der Waals surface area contributed by atoms with Crippen molar-refractivity contribution in [2.24, 2.45) is 10.9 Å². The molecule has 1 aliphatic heterocycles. The van der Waals surface area contributed by atoms with Crippen LogP contribution in [0.3, 0.4) is 0 Å². The molecule has 28 heavy (non-hydrogen) atoms. The molecule has 0 aliphatic carbocycles. The smallest absolute Gasteiger partial charge is 0.401 e. The van der Waals surface area contributed by atoms with Gasteiger partial charge in [0, 0.05) is 31.1 Å². The molecule has 9 heteroatoms. The topological polar surface area (TPSA) is 52.8 Å². The molecule has 156 valence electrons. The van der Waals surface area contributed by atoms with Crippen LogP contribution >= 0.6 is 24.0 Å². The van der Waals surface area contributed by atoms with E-state index in [1.165, 1.54) is 4.90 Å². The normalized spacial score (nSPS) is 18.3. The molecule has 1 unspecified atom stereocenters. The van der Waals surface area contributed by atoms with Gasteiger partial charge in [0.1, 0.15) is 11.3 Å². The second-order valence-corrected chi connectivity index (χ2v) is 6.96. The Labute approximate surface area is 179 Å². The van der Waals surface area contributed by atoms with E-state index in [1.807, 2.05) is 31.2 Å². The minimum Gasteiger partial charge on any atom is -0.459 e. The van der Waals surface area contributed by atoms with Crippen molar-refractivity contribution in [3.05, 3.63) is 35.6 Å². The summed E-state index contributed by atoms with van der Waals surface area (Å²) in [5.74, 6) is 1.64. The summed E-state index contributed by atoms with van der Waals surface area (Å²) in [4.78, 5) is 5.64. The zero-order valence-corrected chi connectivity index (χ0v) is 18.3. The van der Waals surface area contributed by atoms with E-state index in [2.05, 4.69) is 15.6 Å². The first kappa shape index (κ1) is 22.8. The molecule has 2 heterocycles. The third-order valence-electron chi connectivity index (χ3n) is 4.91. The number of halogens is 4. The molecule has 0 radical (unpaired) electrons. The van der Waals surface area contributed by atoms with Crippen LogP contribution in [0.1, 0.15) is 17.7 Å². The number of fused-ring (bicyclic) bond motifs is 1. The second-order valence-electron chi connectivity index (χ2n) is 6.96. The molecular weight excluding hydrogens is 484 g/mol. The molecule has 2 N–H and O–H groups in total. The molecule has 0 spiro atoms. The lowest BCUT2D eigenvalue weighted by Gasteiger charge is -2.18. The van der Waals surface area contributed by atoms with Crippen molar-refractivity contribution in [2.75, 3.05) is 33.2 Å². The molecule has 1 aliphatic rings. The highest BCUT2D eigenvalue weighted by molar-refractivity contribution is 14.0. The Morgan fingerprint density at radius 1 is 1.29 bits per heavy atom. The average Bonchev–Trinajstić information content (AvgIpc) is 3.18. The minimum atomic E-state index is -4.13. The quantitative estimate of drug-likeness (QED) is 0.364. The summed E-state index contributed by atoms with van der Waals surface area (Å²) < 4.78 is 43.3. The fourth-order valence-electron chi connectivity index (χ4n) is 3.50. The van der Waals surface area contributed by atoms with Gasteiger partial charge in [-0.3, -0.25) is 9.89 Å². The first-order valence-electron chi connectivity index (χ1n) is 9.06. The lowest BCUT2D eigenvalue weighted by atomic mass is 10.1. The zero-order valence-electron chi connectivity index (χ0n) is 16.0. The van der Waals surface area contributed by atoms with Crippen molar-refractivity contribution >= 4 is 40.9 Å². The first-order chi connectivity index (χ1) is 12.9. The zero-order chi connectivity index (χ0) is 19.4. The SMILES string of the molecule is CN=C(NCc1oc2ccccc2c1C)NCC1CCN(CC(F)(F)F)C1.I. The maximum atomic E-state index is 12.5. The molecule has 0 amide bonds. The number of aryl methyl sites for hydroxylation is 1. The van der Waals surface area contributed by atoms with E-state index in [1.54, 1.807) is 7.05 Å². The Balaban J connectivity index is 0.00000280. The van der Waals surface area contributed by atoms with Gasteiger partial charge in [0.05, 0.1) is 13.1 Å². The van der Waals surface area contributed by atoms with Crippen molar-refractivity contribution in [3.8, 4) is 0 Å². The largest absolute Gasteiger partial charge is 0.459 e. The Bertz CT molecular complexity index is 806. The van der Waals surface area contributed by atoms with Crippen LogP contribution in [0.5, 0.6) is 0 Å². The molecule has 5 nitrogen and oxygen atoms in total. The maximum Gasteiger partial charge on any atom is 0.401 e. The highest BCUT2D eigenvalue weighted by atomic mass is 127. The molecule has 1 aromatic heterocycles. The summed E-state index contributed by atoms with van der Waals surface area (Å²) in [6.45, 7) is 3.20. The fraction of sp³-hybridized carbons (Fsp3) is 0.526. The van der Waals surface area contributed by atoms with E-state index in [-0.39, 0.29) is 29.9 Å². The Morgan fingerprint density at radius 2 is 2.04 bits per heavy atom. The number of hydrogen-bond acceptors (Lipinski definition) is 3. The van der Waals surface area contributed by atoms with Crippen molar-refractivity contribution in [1.82, 2.24) is 15.5 Å². The van der Waals surface area contributed by atoms with Crippen LogP contribution in [0, 0.1) is 12.8 Å². The summed E-state index contributed by atoms with van der Waals surface area (Å²) in [6.07, 6.45) is -3.38. The third-order valence-corrected chi connectivity index (χ3v) is 4.91. The Kier molecular flexibility index (Phi) is 7.99. The minimum absolute atomic E-state index is 0. The van der Waals surface area contributed by atoms with Crippen molar-refractivity contribution in [3.63, 3.8) is 0 Å². The van der Waals surface area contributed by atoms with E-state index in [9.17, 15) is 13.2 Å². The molecular formula is C19H26F3IN4O. The number of nitrogens with one attached hydrogen (secondary N) is 2. The van der Waals surface area contributed by atoms with E-state index >= 15 is 0 Å². The number of para-hydroxylation sites is 1. The van der Waals surface area contributed by atoms with Gasteiger partial charge in [-0.25, -0.2) is 0 Å². The number of aliphatic imine (C=N–C) groups is 1. The predicted octanol–water partition coefficient (Wildman–Crippen LogP) is 3.91. The Morgan fingerprint density at radius 3 is 2.71 bits per heavy atom. The van der Waals surface area contributed by atoms with Gasteiger partial charge < -0.3 is 15.1 Å². The summed E-state index contributed by atoms with van der Waals surface area (Å²) in [5.41, 5.74) is 1.94. The molecule has 1 saturated heterocycles. The van der Waals surface area contributed by atoms with Gasteiger partial charge in [-0.15, -0.1) is 24.0 Å². The van der Waals surface area contributed by atoms with E-state index < -0.39 is 12.7 Å². The van der Waals surface area contributed by atoms with Crippen LogP contribution < -0.4 is 10.6 Å². The number of rotatable bonds is 5. The van der Waals surface area contributed by atoms with Gasteiger partial charge in [-0.1, -0.05) is 18.2 Å².